The summed E-state index contributed by atoms with van der Waals surface area (Å²) in [6.45, 7) is 10.0. The molecule has 2 aromatic carbocycles. The summed E-state index contributed by atoms with van der Waals surface area (Å²) in [5.74, 6) is 0.245. The zero-order chi connectivity index (χ0) is 22.9. The Morgan fingerprint density at radius 2 is 1.78 bits per heavy atom. The van der Waals surface area contributed by atoms with Crippen LogP contribution in [0.3, 0.4) is 0 Å². The highest BCUT2D eigenvalue weighted by Gasteiger charge is 2.22. The maximum atomic E-state index is 14.2. The van der Waals surface area contributed by atoms with Crippen molar-refractivity contribution in [3.05, 3.63) is 53.8 Å². The molecule has 1 amide bonds. The molecule has 32 heavy (non-hydrogen) atoms. The van der Waals surface area contributed by atoms with E-state index in [9.17, 15) is 9.18 Å². The van der Waals surface area contributed by atoms with Crippen LogP contribution in [0.1, 0.15) is 50.4 Å². The van der Waals surface area contributed by atoms with E-state index in [2.05, 4.69) is 30.7 Å². The lowest BCUT2D eigenvalue weighted by Crippen LogP contribution is -2.38. The number of ether oxygens (including phenoxy) is 1. The first-order valence-corrected chi connectivity index (χ1v) is 12.2. The summed E-state index contributed by atoms with van der Waals surface area (Å²) in [6, 6.07) is 12.1. The fourth-order valence-electron chi connectivity index (χ4n) is 3.48. The predicted molar refractivity (Wildman–Crippen MR) is 131 cm³/mol. The number of likely N-dealkylation sites (N-methyl/N-ethyl adjacent to an activating group) is 1. The molecule has 1 aromatic heterocycles. The maximum absolute atomic E-state index is 14.2. The van der Waals surface area contributed by atoms with Crippen LogP contribution < -0.4 is 9.64 Å². The molecule has 172 valence electrons. The first-order chi connectivity index (χ1) is 15.6. The number of thiazole rings is 1. The molecule has 0 fully saturated rings. The Hall–Kier alpha value is -2.51. The number of hydrogen-bond acceptors (Lipinski definition) is 5. The molecule has 0 aliphatic rings. The van der Waals surface area contributed by atoms with Gasteiger partial charge in [-0.25, -0.2) is 9.37 Å². The van der Waals surface area contributed by atoms with Crippen LogP contribution in [0.2, 0.25) is 0 Å². The van der Waals surface area contributed by atoms with Gasteiger partial charge in [0.2, 0.25) is 0 Å². The molecule has 0 saturated heterocycles. The van der Waals surface area contributed by atoms with Crippen LogP contribution in [0.25, 0.3) is 10.2 Å². The second kappa shape index (κ2) is 11.9. The molecule has 3 aromatic rings. The van der Waals surface area contributed by atoms with Crippen LogP contribution in [-0.4, -0.2) is 48.6 Å². The minimum Gasteiger partial charge on any atom is -0.494 e. The van der Waals surface area contributed by atoms with Gasteiger partial charge in [0.05, 0.1) is 11.3 Å². The van der Waals surface area contributed by atoms with Gasteiger partial charge in [0.15, 0.2) is 5.13 Å². The Morgan fingerprint density at radius 3 is 2.44 bits per heavy atom. The topological polar surface area (TPSA) is 45.7 Å². The zero-order valence-corrected chi connectivity index (χ0v) is 20.0. The molecule has 0 aliphatic carbocycles. The van der Waals surface area contributed by atoms with Crippen LogP contribution in [0.4, 0.5) is 9.52 Å². The van der Waals surface area contributed by atoms with E-state index in [0.29, 0.717) is 29.4 Å². The van der Waals surface area contributed by atoms with Crippen LogP contribution in [0.15, 0.2) is 42.5 Å². The highest BCUT2D eigenvalue weighted by atomic mass is 32.1. The van der Waals surface area contributed by atoms with Crippen molar-refractivity contribution in [2.45, 2.75) is 40.0 Å². The van der Waals surface area contributed by atoms with E-state index >= 15 is 0 Å². The largest absolute Gasteiger partial charge is 0.494 e. The van der Waals surface area contributed by atoms with E-state index in [1.54, 1.807) is 23.1 Å². The van der Waals surface area contributed by atoms with Crippen molar-refractivity contribution in [1.29, 1.82) is 0 Å². The van der Waals surface area contributed by atoms with Gasteiger partial charge in [-0.3, -0.25) is 9.69 Å². The minimum absolute atomic E-state index is 0.144. The molecule has 0 atom stereocenters. The van der Waals surface area contributed by atoms with Crippen LogP contribution in [0, 0.1) is 5.82 Å². The number of fused-ring (bicyclic) bond motifs is 1. The third-order valence-corrected chi connectivity index (χ3v) is 6.53. The van der Waals surface area contributed by atoms with Crippen molar-refractivity contribution in [3.63, 3.8) is 0 Å². The van der Waals surface area contributed by atoms with Crippen molar-refractivity contribution in [2.75, 3.05) is 37.7 Å². The fourth-order valence-corrected chi connectivity index (χ4v) is 4.48. The number of nitrogens with zero attached hydrogens (tertiary/aromatic N) is 3. The number of carbonyl (C=O) groups is 1. The molecular weight excluding hydrogens is 425 g/mol. The molecule has 0 spiro atoms. The number of rotatable bonds is 12. The van der Waals surface area contributed by atoms with Gasteiger partial charge in [0.1, 0.15) is 17.1 Å². The lowest BCUT2D eigenvalue weighted by atomic mass is 10.2. The molecule has 0 bridgehead atoms. The Kier molecular flexibility index (Phi) is 9.00. The summed E-state index contributed by atoms with van der Waals surface area (Å²) >= 11 is 1.34. The highest BCUT2D eigenvalue weighted by molar-refractivity contribution is 7.22. The van der Waals surface area contributed by atoms with Crippen molar-refractivity contribution >= 4 is 32.6 Å². The SMILES string of the molecule is CCCCCOc1ccc(C(=O)N(CCN(CC)CC)c2nc3c(F)cccc3s2)cc1. The molecule has 3 rings (SSSR count). The van der Waals surface area contributed by atoms with E-state index < -0.39 is 0 Å². The predicted octanol–water partition coefficient (Wildman–Crippen LogP) is 5.99. The molecule has 7 heteroatoms. The van der Waals surface area contributed by atoms with Gasteiger partial charge in [0.25, 0.3) is 5.91 Å². The summed E-state index contributed by atoms with van der Waals surface area (Å²) in [5.41, 5.74) is 0.870. The van der Waals surface area contributed by atoms with Crippen LogP contribution in [-0.2, 0) is 0 Å². The van der Waals surface area contributed by atoms with Crippen molar-refractivity contribution in [1.82, 2.24) is 9.88 Å². The van der Waals surface area contributed by atoms with Crippen LogP contribution >= 0.6 is 11.3 Å². The zero-order valence-electron chi connectivity index (χ0n) is 19.1. The van der Waals surface area contributed by atoms with Gasteiger partial charge in [-0.1, -0.05) is 51.0 Å². The van der Waals surface area contributed by atoms with E-state index in [1.165, 1.54) is 17.4 Å². The summed E-state index contributed by atoms with van der Waals surface area (Å²) in [6.07, 6.45) is 3.31. The van der Waals surface area contributed by atoms with Crippen molar-refractivity contribution < 1.29 is 13.9 Å². The smallest absolute Gasteiger partial charge is 0.260 e. The molecule has 5 nitrogen and oxygen atoms in total. The maximum Gasteiger partial charge on any atom is 0.260 e. The lowest BCUT2D eigenvalue weighted by Gasteiger charge is -2.24. The third-order valence-electron chi connectivity index (χ3n) is 5.49. The average molecular weight is 458 g/mol. The Bertz CT molecular complexity index is 1000. The number of amides is 1. The van der Waals surface area contributed by atoms with Gasteiger partial charge in [-0.15, -0.1) is 0 Å². The summed E-state index contributed by atoms with van der Waals surface area (Å²) in [7, 11) is 0. The molecule has 0 aliphatic heterocycles. The quantitative estimate of drug-likeness (QED) is 0.313. The van der Waals surface area contributed by atoms with Crippen molar-refractivity contribution in [2.24, 2.45) is 0 Å². The van der Waals surface area contributed by atoms with Gasteiger partial charge < -0.3 is 9.64 Å². The Morgan fingerprint density at radius 1 is 1.03 bits per heavy atom. The van der Waals surface area contributed by atoms with E-state index in [1.807, 2.05) is 18.2 Å². The number of aromatic nitrogens is 1. The number of anilines is 1. The summed E-state index contributed by atoms with van der Waals surface area (Å²) in [5, 5.41) is 0.516. The monoisotopic (exact) mass is 457 g/mol. The van der Waals surface area contributed by atoms with E-state index in [-0.39, 0.29) is 11.7 Å². The number of unbranched alkanes of at least 4 members (excludes halogenated alkanes) is 2. The van der Waals surface area contributed by atoms with Crippen LogP contribution in [0.5, 0.6) is 5.75 Å². The average Bonchev–Trinajstić information content (AvgIpc) is 3.25. The molecule has 0 saturated carbocycles. The fraction of sp³-hybridized carbons (Fsp3) is 0.440. The van der Waals surface area contributed by atoms with E-state index in [0.717, 1.165) is 49.3 Å². The first-order valence-electron chi connectivity index (χ1n) is 11.4. The second-order valence-corrected chi connectivity index (χ2v) is 8.66. The number of halogens is 1. The summed E-state index contributed by atoms with van der Waals surface area (Å²) in [4.78, 5) is 21.8. The normalized spacial score (nSPS) is 11.3. The second-order valence-electron chi connectivity index (χ2n) is 7.65. The Labute approximate surface area is 193 Å². The van der Waals surface area contributed by atoms with E-state index in [4.69, 9.17) is 4.74 Å². The molecule has 1 heterocycles. The minimum atomic E-state index is -0.370. The van der Waals surface area contributed by atoms with Gasteiger partial charge in [-0.2, -0.15) is 0 Å². The van der Waals surface area contributed by atoms with Gasteiger partial charge in [-0.05, 0) is 55.9 Å². The van der Waals surface area contributed by atoms with Crippen molar-refractivity contribution in [3.8, 4) is 5.75 Å². The molecular formula is C25H32FN3O2S. The number of carbonyl (C=O) groups excluding carboxylic acids is 1. The number of para-hydroxylation sites is 1. The molecule has 0 N–H and O–H groups in total. The number of benzene rings is 2. The molecule has 0 unspecified atom stereocenters. The third kappa shape index (κ3) is 6.04. The van der Waals surface area contributed by atoms with Gasteiger partial charge in [0, 0.05) is 18.7 Å². The highest BCUT2D eigenvalue weighted by Crippen LogP contribution is 2.31. The lowest BCUT2D eigenvalue weighted by molar-refractivity contribution is 0.0983. The standard InChI is InChI=1S/C25H32FN3O2S/c1-4-7-8-18-31-20-14-12-19(13-15-20)24(30)29(17-16-28(5-2)6-3)25-27-23-21(26)10-9-11-22(23)32-25/h9-15H,4-8,16-18H2,1-3H3. The first kappa shape index (κ1) is 24.1. The van der Waals surface area contributed by atoms with Gasteiger partial charge >= 0.3 is 0 Å². The number of hydrogen-bond donors (Lipinski definition) is 0. The Balaban J connectivity index is 1.81. The summed E-state index contributed by atoms with van der Waals surface area (Å²) < 4.78 is 20.7. The molecule has 0 radical (unpaired) electrons.